The third kappa shape index (κ3) is 4.23. The molecule has 6 heavy (non-hydrogen) atoms. The van der Waals surface area contributed by atoms with Crippen LogP contribution in [-0.4, -0.2) is 14.7 Å². The summed E-state index contributed by atoms with van der Waals surface area (Å²) in [5.41, 5.74) is 0. The molecule has 0 rings (SSSR count). The van der Waals surface area contributed by atoms with Gasteiger partial charge < -0.3 is 0 Å². The van der Waals surface area contributed by atoms with Crippen molar-refractivity contribution in [3.63, 3.8) is 0 Å². The zero-order valence-corrected chi connectivity index (χ0v) is 3.83. The SMILES string of the molecule is NO[PH](O)(O)O. The Morgan fingerprint density at radius 1 is 1.33 bits per heavy atom. The van der Waals surface area contributed by atoms with E-state index in [0.29, 0.717) is 0 Å². The third-order valence-electron chi connectivity index (χ3n) is 0.158. The van der Waals surface area contributed by atoms with Crippen LogP contribution in [0.4, 0.5) is 0 Å². The Balaban J connectivity index is 3.17. The molecule has 0 aromatic carbocycles. The minimum atomic E-state index is -4.35. The molecular formula is H6NO4P. The first kappa shape index (κ1) is 6.23. The number of hydrogen-bond donors (Lipinski definition) is 4. The van der Waals surface area contributed by atoms with Gasteiger partial charge in [-0.3, -0.25) is 0 Å². The summed E-state index contributed by atoms with van der Waals surface area (Å²) in [5.74, 6) is 4.12. The summed E-state index contributed by atoms with van der Waals surface area (Å²) in [6, 6.07) is 0. The van der Waals surface area contributed by atoms with Crippen molar-refractivity contribution >= 4 is 8.17 Å². The van der Waals surface area contributed by atoms with Gasteiger partial charge in [-0.15, -0.1) is 0 Å². The zero-order valence-electron chi connectivity index (χ0n) is 2.83. The van der Waals surface area contributed by atoms with Crippen LogP contribution in [0.25, 0.3) is 0 Å². The van der Waals surface area contributed by atoms with Crippen molar-refractivity contribution in [1.29, 1.82) is 0 Å². The monoisotopic (exact) mass is 115 g/mol. The quantitative estimate of drug-likeness (QED) is 0.240. The Bertz CT molecular complexity index is 37.3. The predicted molar refractivity (Wildman–Crippen MR) is 20.2 cm³/mol. The van der Waals surface area contributed by atoms with Crippen molar-refractivity contribution in [2.75, 3.05) is 0 Å². The summed E-state index contributed by atoms with van der Waals surface area (Å²) in [7, 11) is -4.35. The average molecular weight is 115 g/mol. The van der Waals surface area contributed by atoms with E-state index in [1.807, 2.05) is 0 Å². The molecule has 5 nitrogen and oxygen atoms in total. The summed E-state index contributed by atoms with van der Waals surface area (Å²) >= 11 is 0. The topological polar surface area (TPSA) is 95.9 Å². The zero-order chi connectivity index (χ0) is 5.21. The second kappa shape index (κ2) is 1.79. The Labute approximate surface area is 34.6 Å². The summed E-state index contributed by atoms with van der Waals surface area (Å²) in [5, 5.41) is 0. The normalized spacial score (nSPS) is 14.7. The van der Waals surface area contributed by atoms with Gasteiger partial charge in [-0.05, 0) is 0 Å². The standard InChI is InChI=1S/H6NO4P/c1-5-6(2,3)4/h2-4,6H,1H2. The molecule has 0 aromatic rings. The van der Waals surface area contributed by atoms with Gasteiger partial charge in [0.2, 0.25) is 0 Å². The molecule has 0 heterocycles. The Kier molecular flexibility index (Phi) is 1.86. The molecule has 0 aromatic heterocycles. The molecule has 0 bridgehead atoms. The van der Waals surface area contributed by atoms with Gasteiger partial charge >= 0.3 is 33.4 Å². The van der Waals surface area contributed by atoms with Gasteiger partial charge in [-0.2, -0.15) is 0 Å². The van der Waals surface area contributed by atoms with Gasteiger partial charge in [0.25, 0.3) is 0 Å². The minimum absolute atomic E-state index is 3.24. The molecule has 0 fully saturated rings. The molecule has 0 saturated carbocycles. The predicted octanol–water partition coefficient (Wildman–Crippen LogP) is -1.74. The number of rotatable bonds is 1. The van der Waals surface area contributed by atoms with E-state index in [1.165, 1.54) is 0 Å². The summed E-state index contributed by atoms with van der Waals surface area (Å²) in [4.78, 5) is 23.2. The fraction of sp³-hybridized carbons (Fsp3) is 0. The fourth-order valence-corrected chi connectivity index (χ4v) is 0. The molecule has 0 unspecified atom stereocenters. The van der Waals surface area contributed by atoms with E-state index < -0.39 is 8.17 Å². The van der Waals surface area contributed by atoms with E-state index in [1.54, 1.807) is 0 Å². The molecule has 6 heteroatoms. The van der Waals surface area contributed by atoms with Crippen LogP contribution in [0.5, 0.6) is 0 Å². The Morgan fingerprint density at radius 3 is 1.50 bits per heavy atom. The van der Waals surface area contributed by atoms with Crippen molar-refractivity contribution in [3.05, 3.63) is 0 Å². The van der Waals surface area contributed by atoms with Gasteiger partial charge in [0.1, 0.15) is 0 Å². The molecule has 0 atom stereocenters. The average Bonchev–Trinajstić information content (AvgIpc) is 1.35. The molecule has 0 aliphatic heterocycles. The van der Waals surface area contributed by atoms with Gasteiger partial charge in [0.15, 0.2) is 0 Å². The Hall–Kier alpha value is 0.230. The van der Waals surface area contributed by atoms with Crippen molar-refractivity contribution in [2.24, 2.45) is 5.90 Å². The first-order valence-corrected chi connectivity index (χ1v) is 2.86. The van der Waals surface area contributed by atoms with Crippen LogP contribution < -0.4 is 5.90 Å². The van der Waals surface area contributed by atoms with Gasteiger partial charge in [0.05, 0.1) is 0 Å². The first-order valence-electron chi connectivity index (χ1n) is 1.11. The molecule has 0 saturated heterocycles. The van der Waals surface area contributed by atoms with E-state index in [0.717, 1.165) is 0 Å². The van der Waals surface area contributed by atoms with E-state index >= 15 is 0 Å². The second-order valence-corrected chi connectivity index (χ2v) is 2.08. The van der Waals surface area contributed by atoms with E-state index in [2.05, 4.69) is 10.5 Å². The second-order valence-electron chi connectivity index (χ2n) is 0.692. The molecule has 0 spiro atoms. The van der Waals surface area contributed by atoms with Crippen LogP contribution in [0.3, 0.4) is 0 Å². The first-order chi connectivity index (χ1) is 2.56. The maximum absolute atomic E-state index is 7.73. The van der Waals surface area contributed by atoms with Gasteiger partial charge in [0, 0.05) is 0 Å². The van der Waals surface area contributed by atoms with Crippen molar-refractivity contribution in [3.8, 4) is 0 Å². The van der Waals surface area contributed by atoms with Gasteiger partial charge in [-0.25, -0.2) is 0 Å². The number of nitrogens with two attached hydrogens (primary N) is 1. The molecular weight excluding hydrogens is 109 g/mol. The van der Waals surface area contributed by atoms with Crippen molar-refractivity contribution in [2.45, 2.75) is 0 Å². The molecule has 40 valence electrons. The van der Waals surface area contributed by atoms with Crippen molar-refractivity contribution < 1.29 is 19.3 Å². The Morgan fingerprint density at radius 2 is 1.50 bits per heavy atom. The molecule has 0 aliphatic rings. The van der Waals surface area contributed by atoms with Crippen molar-refractivity contribution in [1.82, 2.24) is 0 Å². The summed E-state index contributed by atoms with van der Waals surface area (Å²) in [6.45, 7) is 0. The third-order valence-corrected chi connectivity index (χ3v) is 0.474. The van der Waals surface area contributed by atoms with Crippen LogP contribution in [-0.2, 0) is 4.62 Å². The van der Waals surface area contributed by atoms with Crippen LogP contribution in [0.2, 0.25) is 0 Å². The summed E-state index contributed by atoms with van der Waals surface area (Å²) < 4.78 is 3.24. The van der Waals surface area contributed by atoms with E-state index in [-0.39, 0.29) is 0 Å². The van der Waals surface area contributed by atoms with Crippen LogP contribution >= 0.6 is 8.17 Å². The molecule has 0 radical (unpaired) electrons. The van der Waals surface area contributed by atoms with Gasteiger partial charge in [-0.1, -0.05) is 0 Å². The van der Waals surface area contributed by atoms with Crippen LogP contribution in [0.15, 0.2) is 0 Å². The maximum atomic E-state index is 7.73. The summed E-state index contributed by atoms with van der Waals surface area (Å²) in [6.07, 6.45) is 0. The van der Waals surface area contributed by atoms with Crippen LogP contribution in [0.1, 0.15) is 0 Å². The molecule has 5 N–H and O–H groups in total. The molecule has 0 amide bonds. The molecule has 0 aliphatic carbocycles. The van der Waals surface area contributed by atoms with E-state index in [4.69, 9.17) is 14.7 Å². The number of hydrogen-bond acceptors (Lipinski definition) is 5. The van der Waals surface area contributed by atoms with E-state index in [9.17, 15) is 0 Å². The van der Waals surface area contributed by atoms with Crippen LogP contribution in [0, 0.1) is 0 Å². The fourth-order valence-electron chi connectivity index (χ4n) is 0.